The van der Waals surface area contributed by atoms with Crippen molar-refractivity contribution in [3.63, 3.8) is 0 Å². The number of thiocarbonyl (C=S) groups is 1. The van der Waals surface area contributed by atoms with Crippen LogP contribution in [0.15, 0.2) is 47.6 Å². The third kappa shape index (κ3) is 3.87. The number of anilines is 2. The number of methoxy groups -OCH3 is 1. The Morgan fingerprint density at radius 1 is 1.19 bits per heavy atom. The molecule has 0 bridgehead atoms. The molecule has 0 fully saturated rings. The summed E-state index contributed by atoms with van der Waals surface area (Å²) in [4.78, 5) is 4.47. The molecule has 0 saturated heterocycles. The maximum Gasteiger partial charge on any atom is 0.240 e. The number of benzene rings is 2. The molecule has 2 aromatic carbocycles. The van der Waals surface area contributed by atoms with E-state index in [4.69, 9.17) is 17.0 Å². The Labute approximate surface area is 162 Å². The minimum absolute atomic E-state index is 0.0999. The lowest BCUT2D eigenvalue weighted by Gasteiger charge is -2.15. The maximum atomic E-state index is 12.0. The van der Waals surface area contributed by atoms with Crippen molar-refractivity contribution in [1.29, 1.82) is 0 Å². The molecule has 0 aliphatic heterocycles. The van der Waals surface area contributed by atoms with Crippen LogP contribution in [0.2, 0.25) is 0 Å². The number of hydrogen-bond acceptors (Lipinski definition) is 5. The van der Waals surface area contributed by atoms with E-state index in [0.29, 0.717) is 11.4 Å². The van der Waals surface area contributed by atoms with E-state index in [1.807, 2.05) is 29.8 Å². The van der Waals surface area contributed by atoms with Gasteiger partial charge in [0.1, 0.15) is 11.3 Å². The van der Waals surface area contributed by atoms with Gasteiger partial charge >= 0.3 is 0 Å². The number of para-hydroxylation sites is 1. The van der Waals surface area contributed by atoms with Gasteiger partial charge in [0.2, 0.25) is 10.0 Å². The quantitative estimate of drug-likeness (QED) is 0.561. The first-order valence-corrected chi connectivity index (χ1v) is 9.84. The summed E-state index contributed by atoms with van der Waals surface area (Å²) in [5, 5.41) is 6.36. The first-order valence-electron chi connectivity index (χ1n) is 7.95. The number of rotatable bonds is 5. The van der Waals surface area contributed by atoms with Gasteiger partial charge in [0, 0.05) is 7.05 Å². The van der Waals surface area contributed by atoms with Crippen LogP contribution in [-0.2, 0) is 17.1 Å². The third-order valence-corrected chi connectivity index (χ3v) is 5.62. The average molecular weight is 406 g/mol. The van der Waals surface area contributed by atoms with Crippen LogP contribution in [0, 0.1) is 0 Å². The Morgan fingerprint density at radius 2 is 1.93 bits per heavy atom. The second kappa shape index (κ2) is 7.51. The summed E-state index contributed by atoms with van der Waals surface area (Å²) in [7, 11) is 1.17. The fourth-order valence-corrected chi connectivity index (χ4v) is 3.58. The van der Waals surface area contributed by atoms with E-state index in [9.17, 15) is 8.42 Å². The number of hydrogen-bond donors (Lipinski definition) is 3. The predicted octanol–water partition coefficient (Wildman–Crippen LogP) is 2.30. The molecule has 1 aromatic heterocycles. The summed E-state index contributed by atoms with van der Waals surface area (Å²) >= 11 is 5.38. The van der Waals surface area contributed by atoms with Gasteiger partial charge in [0.25, 0.3) is 0 Å². The standard InChI is InChI=1S/C17H19N5O3S2/c1-18-27(23,24)11-7-8-15(25-3)13(9-11)21-17(26)20-12-5-4-6-14-16(12)19-10-22(14)2/h4-10,18H,1-3H3,(H2,20,21,26). The summed E-state index contributed by atoms with van der Waals surface area (Å²) in [5.41, 5.74) is 2.91. The number of ether oxygens (including phenoxy) is 1. The molecule has 27 heavy (non-hydrogen) atoms. The molecule has 0 aliphatic carbocycles. The minimum Gasteiger partial charge on any atom is -0.495 e. The van der Waals surface area contributed by atoms with Gasteiger partial charge in [-0.05, 0) is 49.6 Å². The number of aromatic nitrogens is 2. The summed E-state index contributed by atoms with van der Waals surface area (Å²) in [6.07, 6.45) is 1.72. The molecule has 0 aliphatic rings. The molecule has 0 saturated carbocycles. The van der Waals surface area contributed by atoms with E-state index in [-0.39, 0.29) is 10.0 Å². The van der Waals surface area contributed by atoms with Crippen LogP contribution in [-0.4, -0.2) is 37.2 Å². The van der Waals surface area contributed by atoms with E-state index >= 15 is 0 Å². The van der Waals surface area contributed by atoms with Gasteiger partial charge in [-0.1, -0.05) is 6.07 Å². The number of fused-ring (bicyclic) bond motifs is 1. The number of nitrogens with one attached hydrogen (secondary N) is 3. The SMILES string of the molecule is CNS(=O)(=O)c1ccc(OC)c(NC(=S)Nc2cccc3c2ncn3C)c1. The van der Waals surface area contributed by atoms with Gasteiger partial charge in [-0.15, -0.1) is 0 Å². The molecule has 142 valence electrons. The average Bonchev–Trinajstić information content (AvgIpc) is 3.04. The molecule has 0 unspecified atom stereocenters. The predicted molar refractivity (Wildman–Crippen MR) is 110 cm³/mol. The summed E-state index contributed by atoms with van der Waals surface area (Å²) < 4.78 is 33.6. The minimum atomic E-state index is -3.59. The van der Waals surface area contributed by atoms with Crippen LogP contribution < -0.4 is 20.1 Å². The fourth-order valence-electron chi connectivity index (χ4n) is 2.60. The molecule has 3 rings (SSSR count). The molecule has 8 nitrogen and oxygen atoms in total. The Morgan fingerprint density at radius 3 is 2.63 bits per heavy atom. The van der Waals surface area contributed by atoms with Crippen LogP contribution in [0.4, 0.5) is 11.4 Å². The summed E-state index contributed by atoms with van der Waals surface area (Å²) in [6.45, 7) is 0. The zero-order chi connectivity index (χ0) is 19.6. The Balaban J connectivity index is 1.88. The zero-order valence-electron chi connectivity index (χ0n) is 15.0. The van der Waals surface area contributed by atoms with E-state index in [1.54, 1.807) is 12.4 Å². The Hall–Kier alpha value is -2.69. The summed E-state index contributed by atoms with van der Waals surface area (Å²) in [6, 6.07) is 10.2. The van der Waals surface area contributed by atoms with Crippen molar-refractivity contribution in [3.8, 4) is 5.75 Å². The second-order valence-electron chi connectivity index (χ2n) is 5.68. The van der Waals surface area contributed by atoms with Crippen LogP contribution in [0.1, 0.15) is 0 Å². The lowest BCUT2D eigenvalue weighted by molar-refractivity contribution is 0.416. The monoisotopic (exact) mass is 405 g/mol. The van der Waals surface area contributed by atoms with Crippen LogP contribution in [0.5, 0.6) is 5.75 Å². The van der Waals surface area contributed by atoms with Crippen molar-refractivity contribution in [2.24, 2.45) is 7.05 Å². The van der Waals surface area contributed by atoms with Gasteiger partial charge in [0.05, 0.1) is 35.2 Å². The largest absolute Gasteiger partial charge is 0.495 e. The normalized spacial score (nSPS) is 11.4. The van der Waals surface area contributed by atoms with Crippen molar-refractivity contribution in [1.82, 2.24) is 14.3 Å². The van der Waals surface area contributed by atoms with E-state index in [1.165, 1.54) is 26.3 Å². The zero-order valence-corrected chi connectivity index (χ0v) is 16.6. The molecule has 3 aromatic rings. The first kappa shape index (κ1) is 19.1. The molecule has 3 N–H and O–H groups in total. The molecule has 0 radical (unpaired) electrons. The molecule has 0 spiro atoms. The van der Waals surface area contributed by atoms with E-state index < -0.39 is 10.0 Å². The highest BCUT2D eigenvalue weighted by Gasteiger charge is 2.15. The van der Waals surface area contributed by atoms with Gasteiger partial charge in [-0.2, -0.15) is 0 Å². The van der Waals surface area contributed by atoms with E-state index in [2.05, 4.69) is 20.3 Å². The van der Waals surface area contributed by atoms with Gasteiger partial charge in [-0.25, -0.2) is 18.1 Å². The van der Waals surface area contributed by atoms with Crippen molar-refractivity contribution in [2.45, 2.75) is 4.90 Å². The van der Waals surface area contributed by atoms with Crippen molar-refractivity contribution >= 4 is 49.8 Å². The number of aryl methyl sites for hydroxylation is 1. The molecular weight excluding hydrogens is 386 g/mol. The summed E-state index contributed by atoms with van der Waals surface area (Å²) in [5.74, 6) is 0.463. The highest BCUT2D eigenvalue weighted by atomic mass is 32.2. The van der Waals surface area contributed by atoms with Crippen molar-refractivity contribution in [2.75, 3.05) is 24.8 Å². The lowest BCUT2D eigenvalue weighted by Crippen LogP contribution is -2.21. The Kier molecular flexibility index (Phi) is 5.31. The topological polar surface area (TPSA) is 97.3 Å². The smallest absolute Gasteiger partial charge is 0.240 e. The maximum absolute atomic E-state index is 12.0. The van der Waals surface area contributed by atoms with Gasteiger partial charge in [-0.3, -0.25) is 0 Å². The molecular formula is C17H19N5O3S2. The molecule has 0 amide bonds. The van der Waals surface area contributed by atoms with Crippen molar-refractivity contribution < 1.29 is 13.2 Å². The molecule has 1 heterocycles. The second-order valence-corrected chi connectivity index (χ2v) is 7.97. The van der Waals surface area contributed by atoms with Gasteiger partial charge in [0.15, 0.2) is 5.11 Å². The van der Waals surface area contributed by atoms with Crippen LogP contribution in [0.3, 0.4) is 0 Å². The lowest BCUT2D eigenvalue weighted by atomic mass is 10.2. The highest BCUT2D eigenvalue weighted by molar-refractivity contribution is 7.89. The van der Waals surface area contributed by atoms with Gasteiger partial charge < -0.3 is 19.9 Å². The van der Waals surface area contributed by atoms with Crippen molar-refractivity contribution in [3.05, 3.63) is 42.7 Å². The third-order valence-electron chi connectivity index (χ3n) is 4.00. The first-order chi connectivity index (χ1) is 12.9. The van der Waals surface area contributed by atoms with E-state index in [0.717, 1.165) is 16.7 Å². The number of imidazole rings is 1. The highest BCUT2D eigenvalue weighted by Crippen LogP contribution is 2.28. The molecule has 10 heteroatoms. The fraction of sp³-hybridized carbons (Fsp3) is 0.176. The van der Waals surface area contributed by atoms with Crippen LogP contribution in [0.25, 0.3) is 11.0 Å². The number of nitrogens with zero attached hydrogens (tertiary/aromatic N) is 2. The molecule has 0 atom stereocenters. The van der Waals surface area contributed by atoms with Crippen LogP contribution >= 0.6 is 12.2 Å². The Bertz CT molecular complexity index is 1110. The number of sulfonamides is 1.